The van der Waals surface area contributed by atoms with Gasteiger partial charge in [0.2, 0.25) is 0 Å². The zero-order chi connectivity index (χ0) is 21.3. The van der Waals surface area contributed by atoms with Crippen LogP contribution >= 0.6 is 24.0 Å². The molecule has 1 amide bonds. The predicted octanol–water partition coefficient (Wildman–Crippen LogP) is 4.93. The lowest BCUT2D eigenvalue weighted by Crippen LogP contribution is -2.27. The zero-order valence-corrected chi connectivity index (χ0v) is 18.3. The molecule has 0 N–H and O–H groups in total. The minimum absolute atomic E-state index is 0.0908. The monoisotopic (exact) mass is 441 g/mol. The number of ether oxygens (including phenoxy) is 3. The fourth-order valence-corrected chi connectivity index (χ4v) is 4.02. The molecule has 1 aliphatic heterocycles. The largest absolute Gasteiger partial charge is 0.497 e. The molecule has 0 aromatic heterocycles. The molecule has 0 bridgehead atoms. The maximum Gasteiger partial charge on any atom is 0.266 e. The van der Waals surface area contributed by atoms with Crippen LogP contribution in [0.2, 0.25) is 0 Å². The van der Waals surface area contributed by atoms with Crippen molar-refractivity contribution in [2.24, 2.45) is 0 Å². The minimum Gasteiger partial charge on any atom is -0.497 e. The molecular weight excluding hydrogens is 418 g/mol. The van der Waals surface area contributed by atoms with E-state index in [1.54, 1.807) is 18.1 Å². The van der Waals surface area contributed by atoms with Gasteiger partial charge < -0.3 is 14.2 Å². The van der Waals surface area contributed by atoms with Crippen LogP contribution in [0.3, 0.4) is 0 Å². The van der Waals surface area contributed by atoms with Gasteiger partial charge in [-0.1, -0.05) is 42.2 Å². The first kappa shape index (κ1) is 21.9. The van der Waals surface area contributed by atoms with Crippen LogP contribution < -0.4 is 14.2 Å². The van der Waals surface area contributed by atoms with E-state index >= 15 is 0 Å². The van der Waals surface area contributed by atoms with Crippen LogP contribution in [0.4, 0.5) is 0 Å². The minimum atomic E-state index is -0.0908. The number of carbonyl (C=O) groups is 1. The van der Waals surface area contributed by atoms with Gasteiger partial charge in [0.25, 0.3) is 5.91 Å². The quantitative estimate of drug-likeness (QED) is 0.226. The number of carbonyl (C=O) groups excluding carboxylic acids is 1. The molecule has 1 aliphatic rings. The first-order chi connectivity index (χ1) is 14.6. The smallest absolute Gasteiger partial charge is 0.266 e. The molecule has 0 saturated carbocycles. The lowest BCUT2D eigenvalue weighted by Gasteiger charge is -2.10. The molecule has 30 heavy (non-hydrogen) atoms. The molecule has 1 saturated heterocycles. The summed E-state index contributed by atoms with van der Waals surface area (Å²) < 4.78 is 17.2. The van der Waals surface area contributed by atoms with Crippen molar-refractivity contribution in [2.45, 2.75) is 6.42 Å². The van der Waals surface area contributed by atoms with Crippen molar-refractivity contribution in [1.29, 1.82) is 0 Å². The van der Waals surface area contributed by atoms with Gasteiger partial charge in [0.05, 0.1) is 25.2 Å². The summed E-state index contributed by atoms with van der Waals surface area (Å²) in [5.41, 5.74) is 0.890. The summed E-state index contributed by atoms with van der Waals surface area (Å²) in [4.78, 5) is 14.6. The number of thiocarbonyl (C=S) groups is 1. The van der Waals surface area contributed by atoms with Crippen molar-refractivity contribution in [3.05, 3.63) is 71.7 Å². The van der Waals surface area contributed by atoms with Crippen molar-refractivity contribution in [2.75, 3.05) is 26.9 Å². The molecule has 3 rings (SSSR count). The van der Waals surface area contributed by atoms with Gasteiger partial charge in [-0.2, -0.15) is 0 Å². The van der Waals surface area contributed by atoms with Crippen molar-refractivity contribution >= 4 is 40.3 Å². The summed E-state index contributed by atoms with van der Waals surface area (Å²) in [6.45, 7) is 5.17. The van der Waals surface area contributed by atoms with E-state index in [2.05, 4.69) is 6.58 Å². The van der Waals surface area contributed by atoms with Gasteiger partial charge in [-0.05, 0) is 48.0 Å². The third-order valence-electron chi connectivity index (χ3n) is 4.23. The molecule has 0 aliphatic carbocycles. The lowest BCUT2D eigenvalue weighted by atomic mass is 10.2. The summed E-state index contributed by atoms with van der Waals surface area (Å²) in [6.07, 6.45) is 4.25. The van der Waals surface area contributed by atoms with E-state index in [1.807, 2.05) is 54.6 Å². The fraction of sp³-hybridized carbons (Fsp3) is 0.217. The molecule has 1 heterocycles. The van der Waals surface area contributed by atoms with E-state index in [9.17, 15) is 4.79 Å². The Morgan fingerprint density at radius 1 is 1.07 bits per heavy atom. The predicted molar refractivity (Wildman–Crippen MR) is 125 cm³/mol. The Hall–Kier alpha value is -2.77. The third-order valence-corrected chi connectivity index (χ3v) is 5.60. The Kier molecular flexibility index (Phi) is 7.93. The second-order valence-corrected chi connectivity index (χ2v) is 8.06. The van der Waals surface area contributed by atoms with Gasteiger partial charge in [0.1, 0.15) is 21.6 Å². The molecule has 0 radical (unpaired) electrons. The molecule has 1 fully saturated rings. The highest BCUT2D eigenvalue weighted by molar-refractivity contribution is 8.26. The van der Waals surface area contributed by atoms with Gasteiger partial charge in [-0.15, -0.1) is 6.58 Å². The highest BCUT2D eigenvalue weighted by Gasteiger charge is 2.30. The van der Waals surface area contributed by atoms with Crippen molar-refractivity contribution < 1.29 is 19.0 Å². The second-order valence-electron chi connectivity index (χ2n) is 6.38. The first-order valence-corrected chi connectivity index (χ1v) is 10.7. The number of amides is 1. The average molecular weight is 442 g/mol. The summed E-state index contributed by atoms with van der Waals surface area (Å²) in [6, 6.07) is 15.1. The van der Waals surface area contributed by atoms with E-state index in [1.165, 1.54) is 11.8 Å². The van der Waals surface area contributed by atoms with Crippen LogP contribution in [-0.2, 0) is 4.79 Å². The first-order valence-electron chi connectivity index (χ1n) is 9.46. The Morgan fingerprint density at radius 2 is 1.77 bits per heavy atom. The van der Waals surface area contributed by atoms with Crippen molar-refractivity contribution in [3.63, 3.8) is 0 Å². The van der Waals surface area contributed by atoms with Crippen LogP contribution in [0.25, 0.3) is 6.08 Å². The maximum atomic E-state index is 12.4. The van der Waals surface area contributed by atoms with Gasteiger partial charge in [0, 0.05) is 13.0 Å². The number of nitrogens with zero attached hydrogens (tertiary/aromatic N) is 1. The molecule has 7 heteroatoms. The van der Waals surface area contributed by atoms with Gasteiger partial charge in [-0.25, -0.2) is 0 Å². The number of hydrogen-bond acceptors (Lipinski definition) is 6. The fourth-order valence-electron chi connectivity index (χ4n) is 2.74. The van der Waals surface area contributed by atoms with Gasteiger partial charge in [0.15, 0.2) is 0 Å². The topological polar surface area (TPSA) is 48.0 Å². The van der Waals surface area contributed by atoms with E-state index in [0.717, 1.165) is 29.2 Å². The van der Waals surface area contributed by atoms with Crippen molar-refractivity contribution in [1.82, 2.24) is 4.90 Å². The summed E-state index contributed by atoms with van der Waals surface area (Å²) in [5.74, 6) is 2.25. The number of rotatable bonds is 10. The molecule has 2 aromatic carbocycles. The van der Waals surface area contributed by atoms with Crippen LogP contribution in [0, 0.1) is 0 Å². The molecule has 0 spiro atoms. The Balaban J connectivity index is 1.49. The summed E-state index contributed by atoms with van der Waals surface area (Å²) in [7, 11) is 1.63. The van der Waals surface area contributed by atoms with Crippen LogP contribution in [-0.4, -0.2) is 42.0 Å². The Labute approximate surface area is 186 Å². The number of methoxy groups -OCH3 is 1. The molecule has 0 atom stereocenters. The lowest BCUT2D eigenvalue weighted by molar-refractivity contribution is -0.121. The molecule has 0 unspecified atom stereocenters. The molecule has 156 valence electrons. The van der Waals surface area contributed by atoms with Crippen LogP contribution in [0.15, 0.2) is 66.1 Å². The highest BCUT2D eigenvalue weighted by atomic mass is 32.2. The van der Waals surface area contributed by atoms with Gasteiger partial charge in [-0.3, -0.25) is 9.69 Å². The summed E-state index contributed by atoms with van der Waals surface area (Å²) in [5, 5.41) is 0. The Bertz CT molecular complexity index is 940. The molecule has 2 aromatic rings. The average Bonchev–Trinajstić information content (AvgIpc) is 3.02. The van der Waals surface area contributed by atoms with Gasteiger partial charge >= 0.3 is 0 Å². The van der Waals surface area contributed by atoms with E-state index in [4.69, 9.17) is 26.4 Å². The number of benzene rings is 2. The zero-order valence-electron chi connectivity index (χ0n) is 16.7. The third kappa shape index (κ3) is 5.87. The SMILES string of the molecule is C=CCN1C(=O)/C(=C\c2cccc(OCCCOc3ccc(OC)cc3)c2)SC1=S. The number of thioether (sulfide) groups is 1. The maximum absolute atomic E-state index is 12.4. The summed E-state index contributed by atoms with van der Waals surface area (Å²) >= 11 is 6.57. The van der Waals surface area contributed by atoms with E-state index < -0.39 is 0 Å². The van der Waals surface area contributed by atoms with Crippen molar-refractivity contribution in [3.8, 4) is 17.2 Å². The number of hydrogen-bond donors (Lipinski definition) is 0. The molecule has 5 nitrogen and oxygen atoms in total. The van der Waals surface area contributed by atoms with Crippen LogP contribution in [0.1, 0.15) is 12.0 Å². The van der Waals surface area contributed by atoms with E-state index in [-0.39, 0.29) is 5.91 Å². The Morgan fingerprint density at radius 3 is 2.47 bits per heavy atom. The standard InChI is InChI=1S/C23H23NO4S2/c1-3-12-24-22(25)21(30-23(24)29)16-17-6-4-7-20(15-17)28-14-5-13-27-19-10-8-18(26-2)9-11-19/h3-4,6-11,15-16H,1,5,12-14H2,2H3/b21-16+. The van der Waals surface area contributed by atoms with Crippen LogP contribution in [0.5, 0.6) is 17.2 Å². The second kappa shape index (κ2) is 10.8. The normalized spacial score (nSPS) is 14.8. The molecular formula is C23H23NO4S2. The van der Waals surface area contributed by atoms with E-state index in [0.29, 0.717) is 29.0 Å². The highest BCUT2D eigenvalue weighted by Crippen LogP contribution is 2.32.